The van der Waals surface area contributed by atoms with Crippen molar-refractivity contribution in [3.63, 3.8) is 0 Å². The predicted octanol–water partition coefficient (Wildman–Crippen LogP) is 2.10. The van der Waals surface area contributed by atoms with Crippen molar-refractivity contribution in [2.24, 2.45) is 0 Å². The van der Waals surface area contributed by atoms with Crippen LogP contribution < -0.4 is 5.32 Å². The molecular formula is C15H23N3O2. The molecule has 0 aromatic carbocycles. The van der Waals surface area contributed by atoms with E-state index < -0.39 is 0 Å². The summed E-state index contributed by atoms with van der Waals surface area (Å²) in [5, 5.41) is 3.52. The van der Waals surface area contributed by atoms with Gasteiger partial charge in [-0.15, -0.1) is 0 Å². The molecule has 1 amide bonds. The molecule has 1 aromatic rings. The zero-order valence-corrected chi connectivity index (χ0v) is 12.3. The number of nitrogens with one attached hydrogen (secondary N) is 1. The van der Waals surface area contributed by atoms with Crippen LogP contribution in [0.25, 0.3) is 0 Å². The van der Waals surface area contributed by atoms with E-state index in [0.29, 0.717) is 12.6 Å². The Kier molecular flexibility index (Phi) is 5.35. The molecule has 1 N–H and O–H groups in total. The molecular weight excluding hydrogens is 254 g/mol. The van der Waals surface area contributed by atoms with Gasteiger partial charge in [-0.1, -0.05) is 6.07 Å². The zero-order valence-electron chi connectivity index (χ0n) is 12.3. The van der Waals surface area contributed by atoms with Crippen LogP contribution in [0.2, 0.25) is 0 Å². The van der Waals surface area contributed by atoms with Crippen molar-refractivity contribution < 1.29 is 9.53 Å². The second kappa shape index (κ2) is 7.24. The number of pyridine rings is 1. The Bertz CT molecular complexity index is 442. The molecule has 2 heterocycles. The summed E-state index contributed by atoms with van der Waals surface area (Å²) in [6.45, 7) is 6.58. The van der Waals surface area contributed by atoms with E-state index in [1.807, 2.05) is 32.0 Å². The maximum atomic E-state index is 11.6. The predicted molar refractivity (Wildman–Crippen MR) is 77.4 cm³/mol. The van der Waals surface area contributed by atoms with Gasteiger partial charge in [-0.3, -0.25) is 4.98 Å². The van der Waals surface area contributed by atoms with Crippen LogP contribution in [0.1, 0.15) is 31.2 Å². The molecule has 1 aromatic heterocycles. The summed E-state index contributed by atoms with van der Waals surface area (Å²) < 4.78 is 5.02. The lowest BCUT2D eigenvalue weighted by molar-refractivity contribution is 0.0949. The molecule has 0 saturated carbocycles. The number of rotatable bonds is 4. The highest BCUT2D eigenvalue weighted by molar-refractivity contribution is 5.67. The highest BCUT2D eigenvalue weighted by Gasteiger charge is 2.23. The first-order valence-corrected chi connectivity index (χ1v) is 7.26. The number of nitrogens with zero attached hydrogens (tertiary/aromatic N) is 2. The number of amides is 1. The van der Waals surface area contributed by atoms with Gasteiger partial charge in [0.25, 0.3) is 0 Å². The first-order chi connectivity index (χ1) is 9.69. The normalized spacial score (nSPS) is 16.2. The number of carbonyl (C=O) groups is 1. The number of hydrogen-bond donors (Lipinski definition) is 1. The van der Waals surface area contributed by atoms with Crippen molar-refractivity contribution in [2.45, 2.75) is 39.3 Å². The van der Waals surface area contributed by atoms with E-state index in [1.165, 1.54) is 0 Å². The zero-order chi connectivity index (χ0) is 14.4. The van der Waals surface area contributed by atoms with Gasteiger partial charge in [0.1, 0.15) is 0 Å². The largest absolute Gasteiger partial charge is 0.450 e. The second-order valence-electron chi connectivity index (χ2n) is 5.11. The number of aryl methyl sites for hydroxylation is 1. The fraction of sp³-hybridized carbons (Fsp3) is 0.600. The minimum absolute atomic E-state index is 0.189. The molecule has 5 nitrogen and oxygen atoms in total. The SMILES string of the molecule is CCOC(=O)N1CCC(NCc2cccc(C)n2)CC1. The van der Waals surface area contributed by atoms with E-state index in [4.69, 9.17) is 4.74 Å². The Morgan fingerprint density at radius 1 is 1.45 bits per heavy atom. The molecule has 1 aliphatic heterocycles. The van der Waals surface area contributed by atoms with Crippen molar-refractivity contribution >= 4 is 6.09 Å². The lowest BCUT2D eigenvalue weighted by Crippen LogP contribution is -2.45. The van der Waals surface area contributed by atoms with Crippen LogP contribution in [0.5, 0.6) is 0 Å². The van der Waals surface area contributed by atoms with Crippen LogP contribution >= 0.6 is 0 Å². The molecule has 1 saturated heterocycles. The first kappa shape index (κ1) is 14.8. The average Bonchev–Trinajstić information content (AvgIpc) is 2.46. The van der Waals surface area contributed by atoms with Gasteiger partial charge in [0.15, 0.2) is 0 Å². The molecule has 0 atom stereocenters. The summed E-state index contributed by atoms with van der Waals surface area (Å²) in [7, 11) is 0. The second-order valence-corrected chi connectivity index (χ2v) is 5.11. The topological polar surface area (TPSA) is 54.5 Å². The summed E-state index contributed by atoms with van der Waals surface area (Å²) in [5.74, 6) is 0. The summed E-state index contributed by atoms with van der Waals surface area (Å²) in [6, 6.07) is 6.51. The van der Waals surface area contributed by atoms with Crippen molar-refractivity contribution in [3.05, 3.63) is 29.6 Å². The van der Waals surface area contributed by atoms with Crippen LogP contribution in [-0.2, 0) is 11.3 Å². The Morgan fingerprint density at radius 3 is 2.85 bits per heavy atom. The van der Waals surface area contributed by atoms with Gasteiger partial charge < -0.3 is 15.0 Å². The molecule has 5 heteroatoms. The summed E-state index contributed by atoms with van der Waals surface area (Å²) in [4.78, 5) is 17.9. The molecule has 1 aliphatic rings. The van der Waals surface area contributed by atoms with Crippen LogP contribution in [0, 0.1) is 6.92 Å². The summed E-state index contributed by atoms with van der Waals surface area (Å²) >= 11 is 0. The molecule has 0 spiro atoms. The van der Waals surface area contributed by atoms with Gasteiger partial charge in [-0.05, 0) is 38.8 Å². The van der Waals surface area contributed by atoms with Gasteiger partial charge in [0.05, 0.1) is 12.3 Å². The van der Waals surface area contributed by atoms with Gasteiger partial charge in [0.2, 0.25) is 0 Å². The van der Waals surface area contributed by atoms with Crippen molar-refractivity contribution in [1.82, 2.24) is 15.2 Å². The van der Waals surface area contributed by atoms with E-state index in [0.717, 1.165) is 43.9 Å². The minimum atomic E-state index is -0.189. The highest BCUT2D eigenvalue weighted by atomic mass is 16.6. The Labute approximate surface area is 120 Å². The molecule has 110 valence electrons. The fourth-order valence-corrected chi connectivity index (χ4v) is 2.43. The number of carbonyl (C=O) groups excluding carboxylic acids is 1. The lowest BCUT2D eigenvalue weighted by Gasteiger charge is -2.31. The number of piperidine rings is 1. The third-order valence-corrected chi connectivity index (χ3v) is 3.54. The smallest absolute Gasteiger partial charge is 0.409 e. The Hall–Kier alpha value is -1.62. The maximum absolute atomic E-state index is 11.6. The maximum Gasteiger partial charge on any atom is 0.409 e. The first-order valence-electron chi connectivity index (χ1n) is 7.26. The van der Waals surface area contributed by atoms with E-state index in [9.17, 15) is 4.79 Å². The van der Waals surface area contributed by atoms with E-state index >= 15 is 0 Å². The van der Waals surface area contributed by atoms with Gasteiger partial charge in [0, 0.05) is 31.4 Å². The molecule has 0 aliphatic carbocycles. The van der Waals surface area contributed by atoms with Crippen LogP contribution in [0.4, 0.5) is 4.79 Å². The van der Waals surface area contributed by atoms with Crippen LogP contribution in [-0.4, -0.2) is 41.7 Å². The van der Waals surface area contributed by atoms with E-state index in [-0.39, 0.29) is 6.09 Å². The van der Waals surface area contributed by atoms with Crippen molar-refractivity contribution in [1.29, 1.82) is 0 Å². The fourth-order valence-electron chi connectivity index (χ4n) is 2.43. The Balaban J connectivity index is 1.73. The molecule has 1 fully saturated rings. The molecule has 0 radical (unpaired) electrons. The van der Waals surface area contributed by atoms with Gasteiger partial charge >= 0.3 is 6.09 Å². The summed E-state index contributed by atoms with van der Waals surface area (Å²) in [5.41, 5.74) is 2.11. The number of aromatic nitrogens is 1. The minimum Gasteiger partial charge on any atom is -0.450 e. The molecule has 2 rings (SSSR count). The molecule has 20 heavy (non-hydrogen) atoms. The third kappa shape index (κ3) is 4.20. The standard InChI is InChI=1S/C15H23N3O2/c1-3-20-15(19)18-9-7-13(8-10-18)16-11-14-6-4-5-12(2)17-14/h4-6,13,16H,3,7-11H2,1-2H3. The highest BCUT2D eigenvalue weighted by Crippen LogP contribution is 2.12. The van der Waals surface area contributed by atoms with E-state index in [1.54, 1.807) is 4.90 Å². The molecule has 0 bridgehead atoms. The number of ether oxygens (including phenoxy) is 1. The Morgan fingerprint density at radius 2 is 2.20 bits per heavy atom. The lowest BCUT2D eigenvalue weighted by atomic mass is 10.1. The quantitative estimate of drug-likeness (QED) is 0.915. The van der Waals surface area contributed by atoms with Crippen LogP contribution in [0.3, 0.4) is 0 Å². The van der Waals surface area contributed by atoms with Crippen molar-refractivity contribution in [3.8, 4) is 0 Å². The number of hydrogen-bond acceptors (Lipinski definition) is 4. The molecule has 0 unspecified atom stereocenters. The third-order valence-electron chi connectivity index (χ3n) is 3.54. The van der Waals surface area contributed by atoms with Crippen LogP contribution in [0.15, 0.2) is 18.2 Å². The summed E-state index contributed by atoms with van der Waals surface area (Å²) in [6.07, 6.45) is 1.74. The van der Waals surface area contributed by atoms with Gasteiger partial charge in [-0.25, -0.2) is 4.79 Å². The monoisotopic (exact) mass is 277 g/mol. The van der Waals surface area contributed by atoms with Gasteiger partial charge in [-0.2, -0.15) is 0 Å². The van der Waals surface area contributed by atoms with Crippen molar-refractivity contribution in [2.75, 3.05) is 19.7 Å². The average molecular weight is 277 g/mol. The number of likely N-dealkylation sites (tertiary alicyclic amines) is 1. The van der Waals surface area contributed by atoms with E-state index in [2.05, 4.69) is 10.3 Å².